The smallest absolute Gasteiger partial charge is 0.191 e. The van der Waals surface area contributed by atoms with Gasteiger partial charge in [0.25, 0.3) is 0 Å². The number of aliphatic imine (C=N–C) groups is 1. The molecule has 0 atom stereocenters. The van der Waals surface area contributed by atoms with Crippen LogP contribution in [0.15, 0.2) is 40.7 Å². The maximum absolute atomic E-state index is 14.0. The van der Waals surface area contributed by atoms with Crippen LogP contribution in [0, 0.1) is 17.1 Å². The number of thiophene rings is 1. The summed E-state index contributed by atoms with van der Waals surface area (Å²) in [4.78, 5) is 6.93. The molecule has 0 unspecified atom stereocenters. The lowest BCUT2D eigenvalue weighted by Gasteiger charge is -2.33. The van der Waals surface area contributed by atoms with Crippen molar-refractivity contribution in [2.45, 2.75) is 32.4 Å². The molecule has 1 aromatic carbocycles. The molecule has 1 aliphatic rings. The van der Waals surface area contributed by atoms with Crippen LogP contribution < -0.4 is 15.5 Å². The number of rotatable bonds is 5. The minimum atomic E-state index is -0.335. The van der Waals surface area contributed by atoms with E-state index >= 15 is 0 Å². The first-order chi connectivity index (χ1) is 13.2. The highest BCUT2D eigenvalue weighted by Gasteiger charge is 2.20. The second kappa shape index (κ2) is 11.2. The molecule has 150 valence electrons. The first-order valence-corrected chi connectivity index (χ1v) is 10.1. The van der Waals surface area contributed by atoms with Crippen LogP contribution in [0.25, 0.3) is 0 Å². The van der Waals surface area contributed by atoms with Gasteiger partial charge in [0.1, 0.15) is 5.82 Å². The summed E-state index contributed by atoms with van der Waals surface area (Å²) >= 11 is 1.77. The van der Waals surface area contributed by atoms with Crippen LogP contribution in [0.1, 0.15) is 30.9 Å². The van der Waals surface area contributed by atoms with Gasteiger partial charge in [-0.05, 0) is 55.5 Å². The number of guanidine groups is 1. The zero-order chi connectivity index (χ0) is 19.1. The second-order valence-corrected chi connectivity index (χ2v) is 7.40. The highest BCUT2D eigenvalue weighted by molar-refractivity contribution is 14.0. The summed E-state index contributed by atoms with van der Waals surface area (Å²) in [6, 6.07) is 11.0. The second-order valence-electron chi connectivity index (χ2n) is 6.47. The van der Waals surface area contributed by atoms with Crippen molar-refractivity contribution in [1.82, 2.24) is 10.6 Å². The van der Waals surface area contributed by atoms with Crippen LogP contribution >= 0.6 is 35.3 Å². The maximum Gasteiger partial charge on any atom is 0.191 e. The molecule has 2 heterocycles. The van der Waals surface area contributed by atoms with Gasteiger partial charge in [0, 0.05) is 31.2 Å². The number of nitrogens with zero attached hydrogens (tertiary/aromatic N) is 3. The number of nitriles is 1. The lowest BCUT2D eigenvalue weighted by atomic mass is 10.1. The summed E-state index contributed by atoms with van der Waals surface area (Å²) in [6.45, 7) is 4.96. The molecule has 0 amide bonds. The van der Waals surface area contributed by atoms with Gasteiger partial charge in [-0.2, -0.15) is 5.26 Å². The summed E-state index contributed by atoms with van der Waals surface area (Å²) < 4.78 is 14.0. The Hall–Kier alpha value is -1.86. The van der Waals surface area contributed by atoms with E-state index in [-0.39, 0.29) is 36.3 Å². The molecule has 3 rings (SSSR count). The Morgan fingerprint density at radius 1 is 1.36 bits per heavy atom. The fourth-order valence-electron chi connectivity index (χ4n) is 3.14. The Labute approximate surface area is 186 Å². The Kier molecular flexibility index (Phi) is 8.99. The first kappa shape index (κ1) is 22.4. The van der Waals surface area contributed by atoms with Gasteiger partial charge in [-0.1, -0.05) is 0 Å². The largest absolute Gasteiger partial charge is 0.363 e. The van der Waals surface area contributed by atoms with E-state index in [0.29, 0.717) is 23.1 Å². The molecule has 1 saturated heterocycles. The van der Waals surface area contributed by atoms with Crippen molar-refractivity contribution in [1.29, 1.82) is 5.26 Å². The van der Waals surface area contributed by atoms with E-state index in [4.69, 9.17) is 5.26 Å². The number of benzene rings is 1. The van der Waals surface area contributed by atoms with Crippen LogP contribution in [0.4, 0.5) is 9.39 Å². The molecule has 1 aromatic heterocycles. The number of hydrogen-bond acceptors (Lipinski definition) is 4. The minimum absolute atomic E-state index is 0. The van der Waals surface area contributed by atoms with Crippen LogP contribution in [-0.2, 0) is 6.54 Å². The zero-order valence-electron chi connectivity index (χ0n) is 15.8. The molecule has 0 radical (unpaired) electrons. The SMILES string of the molecule is CCNC(=NCc1cc(C#N)ccc1F)NC1CCN(c2cccs2)CC1.I. The van der Waals surface area contributed by atoms with Gasteiger partial charge in [0.15, 0.2) is 5.96 Å². The van der Waals surface area contributed by atoms with Gasteiger partial charge in [0.2, 0.25) is 0 Å². The van der Waals surface area contributed by atoms with Crippen molar-refractivity contribution in [2.75, 3.05) is 24.5 Å². The topological polar surface area (TPSA) is 63.5 Å². The lowest BCUT2D eigenvalue weighted by molar-refractivity contribution is 0.462. The molecule has 0 aliphatic carbocycles. The molecule has 1 fully saturated rings. The molecule has 0 saturated carbocycles. The van der Waals surface area contributed by atoms with Gasteiger partial charge >= 0.3 is 0 Å². The number of piperidine rings is 1. The highest BCUT2D eigenvalue weighted by Crippen LogP contribution is 2.24. The van der Waals surface area contributed by atoms with Gasteiger partial charge in [-0.25, -0.2) is 9.38 Å². The van der Waals surface area contributed by atoms with Crippen molar-refractivity contribution in [3.8, 4) is 6.07 Å². The molecule has 2 N–H and O–H groups in total. The predicted molar refractivity (Wildman–Crippen MR) is 124 cm³/mol. The molecule has 0 spiro atoms. The molecule has 28 heavy (non-hydrogen) atoms. The normalized spacial score (nSPS) is 14.9. The molecule has 2 aromatic rings. The third-order valence-electron chi connectivity index (χ3n) is 4.58. The van der Waals surface area contributed by atoms with E-state index in [0.717, 1.165) is 32.5 Å². The van der Waals surface area contributed by atoms with E-state index in [2.05, 4.69) is 38.0 Å². The number of nitrogens with one attached hydrogen (secondary N) is 2. The molecule has 8 heteroatoms. The fourth-order valence-corrected chi connectivity index (χ4v) is 3.92. The summed E-state index contributed by atoms with van der Waals surface area (Å²) in [5.74, 6) is 0.353. The Bertz CT molecular complexity index is 810. The van der Waals surface area contributed by atoms with E-state index in [1.165, 1.54) is 17.1 Å². The van der Waals surface area contributed by atoms with Gasteiger partial charge < -0.3 is 15.5 Å². The average molecular weight is 513 g/mol. The Morgan fingerprint density at radius 3 is 2.79 bits per heavy atom. The van der Waals surface area contributed by atoms with Crippen molar-refractivity contribution >= 4 is 46.3 Å². The molecule has 1 aliphatic heterocycles. The van der Waals surface area contributed by atoms with E-state index in [1.807, 2.05) is 13.0 Å². The third kappa shape index (κ3) is 6.07. The van der Waals surface area contributed by atoms with E-state index in [1.54, 1.807) is 17.4 Å². The molecular formula is C20H25FIN5S. The Morgan fingerprint density at radius 2 is 2.14 bits per heavy atom. The van der Waals surface area contributed by atoms with Crippen molar-refractivity contribution in [3.05, 3.63) is 52.7 Å². The van der Waals surface area contributed by atoms with E-state index in [9.17, 15) is 4.39 Å². The zero-order valence-corrected chi connectivity index (χ0v) is 19.0. The molecular weight excluding hydrogens is 488 g/mol. The van der Waals surface area contributed by atoms with Crippen LogP contribution in [0.5, 0.6) is 0 Å². The monoisotopic (exact) mass is 513 g/mol. The summed E-state index contributed by atoms with van der Waals surface area (Å²) in [5.41, 5.74) is 0.874. The maximum atomic E-state index is 14.0. The molecule has 0 bridgehead atoms. The first-order valence-electron chi connectivity index (χ1n) is 9.21. The highest BCUT2D eigenvalue weighted by atomic mass is 127. The number of halogens is 2. The van der Waals surface area contributed by atoms with Gasteiger partial charge in [0.05, 0.1) is 23.2 Å². The quantitative estimate of drug-likeness (QED) is 0.359. The average Bonchev–Trinajstić information content (AvgIpc) is 3.23. The van der Waals surface area contributed by atoms with E-state index < -0.39 is 0 Å². The third-order valence-corrected chi connectivity index (χ3v) is 5.51. The number of hydrogen-bond donors (Lipinski definition) is 2. The van der Waals surface area contributed by atoms with Crippen molar-refractivity contribution in [3.63, 3.8) is 0 Å². The van der Waals surface area contributed by atoms with Gasteiger partial charge in [-0.3, -0.25) is 0 Å². The summed E-state index contributed by atoms with van der Waals surface area (Å²) in [6.07, 6.45) is 2.06. The van der Waals surface area contributed by atoms with Crippen LogP contribution in [0.2, 0.25) is 0 Å². The van der Waals surface area contributed by atoms with Crippen LogP contribution in [-0.4, -0.2) is 31.6 Å². The predicted octanol–water partition coefficient (Wildman–Crippen LogP) is 4.10. The standard InChI is InChI=1S/C20H24FN5S.HI/c1-2-23-20(24-14-16-12-15(13-22)5-6-18(16)21)25-17-7-9-26(10-8-17)19-4-3-11-27-19;/h3-6,11-12,17H,2,7-10,14H2,1H3,(H2,23,24,25);1H. The molecule has 5 nitrogen and oxygen atoms in total. The lowest BCUT2D eigenvalue weighted by Crippen LogP contribution is -2.48. The van der Waals surface area contributed by atoms with Crippen molar-refractivity contribution < 1.29 is 4.39 Å². The Balaban J connectivity index is 0.00000280. The number of anilines is 1. The minimum Gasteiger partial charge on any atom is -0.363 e. The summed E-state index contributed by atoms with van der Waals surface area (Å²) in [7, 11) is 0. The summed E-state index contributed by atoms with van der Waals surface area (Å²) in [5, 5.41) is 19.1. The van der Waals surface area contributed by atoms with Gasteiger partial charge in [-0.15, -0.1) is 35.3 Å². The van der Waals surface area contributed by atoms with Crippen LogP contribution in [0.3, 0.4) is 0 Å². The van der Waals surface area contributed by atoms with Crippen molar-refractivity contribution in [2.24, 2.45) is 4.99 Å². The fraction of sp³-hybridized carbons (Fsp3) is 0.400.